The van der Waals surface area contributed by atoms with Gasteiger partial charge in [0.1, 0.15) is 23.8 Å². The molecule has 0 unspecified atom stereocenters. The van der Waals surface area contributed by atoms with Crippen molar-refractivity contribution in [3.05, 3.63) is 76.3 Å². The normalized spacial score (nSPS) is 12.1. The standard InChI is InChI=1S/C24H20ClF3N4O5S/c1-13-8-18(21(30-10-13)22(33)20-15-6-7-29-23(15)31-11-19(20)37-3)32(12-36-2)38(34,35)14-4-5-17(25)16(9-14)24(26,27)28/h4-11H,12H2,1-3H3,(H,29,31). The van der Waals surface area contributed by atoms with Gasteiger partial charge in [0.15, 0.2) is 0 Å². The van der Waals surface area contributed by atoms with Crippen molar-refractivity contribution in [2.24, 2.45) is 0 Å². The summed E-state index contributed by atoms with van der Waals surface area (Å²) in [5.74, 6) is -0.587. The van der Waals surface area contributed by atoms with Crippen molar-refractivity contribution in [2.75, 3.05) is 25.3 Å². The van der Waals surface area contributed by atoms with Crippen molar-refractivity contribution in [3.63, 3.8) is 0 Å². The molecule has 14 heteroatoms. The third kappa shape index (κ3) is 4.91. The lowest BCUT2D eigenvalue weighted by Crippen LogP contribution is -2.34. The quantitative estimate of drug-likeness (QED) is 0.235. The van der Waals surface area contributed by atoms with Crippen LogP contribution in [0.4, 0.5) is 18.9 Å². The number of methoxy groups -OCH3 is 2. The van der Waals surface area contributed by atoms with Crippen LogP contribution in [-0.4, -0.2) is 50.1 Å². The lowest BCUT2D eigenvalue weighted by Gasteiger charge is -2.26. The molecule has 4 aromatic rings. The number of nitrogens with one attached hydrogen (secondary N) is 1. The van der Waals surface area contributed by atoms with Gasteiger partial charge in [-0.05, 0) is 42.8 Å². The number of aromatic amines is 1. The molecule has 200 valence electrons. The van der Waals surface area contributed by atoms with E-state index in [0.29, 0.717) is 27.0 Å². The maximum absolute atomic E-state index is 13.9. The number of carbonyl (C=O) groups excluding carboxylic acids is 1. The number of pyridine rings is 2. The first-order valence-corrected chi connectivity index (χ1v) is 12.6. The first-order chi connectivity index (χ1) is 17.9. The average molecular weight is 569 g/mol. The fourth-order valence-electron chi connectivity index (χ4n) is 3.81. The van der Waals surface area contributed by atoms with Crippen LogP contribution in [0, 0.1) is 6.92 Å². The second-order valence-corrected chi connectivity index (χ2v) is 10.3. The van der Waals surface area contributed by atoms with Gasteiger partial charge in [0, 0.05) is 24.9 Å². The molecule has 0 spiro atoms. The predicted molar refractivity (Wildman–Crippen MR) is 133 cm³/mol. The maximum Gasteiger partial charge on any atom is 0.417 e. The van der Waals surface area contributed by atoms with E-state index in [1.807, 2.05) is 0 Å². The first kappa shape index (κ1) is 27.4. The van der Waals surface area contributed by atoms with E-state index in [1.165, 1.54) is 32.7 Å². The number of rotatable bonds is 8. The highest BCUT2D eigenvalue weighted by Crippen LogP contribution is 2.38. The first-order valence-electron chi connectivity index (χ1n) is 10.8. The van der Waals surface area contributed by atoms with E-state index in [2.05, 4.69) is 15.0 Å². The Balaban J connectivity index is 1.93. The molecular formula is C24H20ClF3N4O5S. The molecule has 4 rings (SSSR count). The van der Waals surface area contributed by atoms with Gasteiger partial charge < -0.3 is 14.5 Å². The van der Waals surface area contributed by atoms with Crippen molar-refractivity contribution < 1.29 is 35.9 Å². The lowest BCUT2D eigenvalue weighted by molar-refractivity contribution is -0.137. The van der Waals surface area contributed by atoms with E-state index < -0.39 is 44.2 Å². The smallest absolute Gasteiger partial charge is 0.417 e. The molecule has 1 N–H and O–H groups in total. The minimum absolute atomic E-state index is 0.0666. The molecule has 0 bridgehead atoms. The molecule has 0 amide bonds. The van der Waals surface area contributed by atoms with Gasteiger partial charge in [0.05, 0.1) is 40.0 Å². The summed E-state index contributed by atoms with van der Waals surface area (Å²) >= 11 is 5.68. The number of ketones is 1. The molecule has 0 atom stereocenters. The number of fused-ring (bicyclic) bond motifs is 1. The fourth-order valence-corrected chi connectivity index (χ4v) is 5.44. The lowest BCUT2D eigenvalue weighted by atomic mass is 10.0. The van der Waals surface area contributed by atoms with Crippen molar-refractivity contribution in [1.82, 2.24) is 15.0 Å². The summed E-state index contributed by atoms with van der Waals surface area (Å²) in [6.07, 6.45) is -0.644. The van der Waals surface area contributed by atoms with Gasteiger partial charge in [0.2, 0.25) is 5.78 Å². The highest BCUT2D eigenvalue weighted by molar-refractivity contribution is 7.92. The summed E-state index contributed by atoms with van der Waals surface area (Å²) in [5, 5.41) is -0.264. The van der Waals surface area contributed by atoms with E-state index in [1.54, 1.807) is 19.2 Å². The SMILES string of the molecule is COCN(c1cc(C)cnc1C(=O)c1c(OC)cnc2[nH]ccc12)S(=O)(=O)c1ccc(Cl)c(C(F)(F)F)c1. The minimum Gasteiger partial charge on any atom is -0.494 e. The van der Waals surface area contributed by atoms with E-state index in [4.69, 9.17) is 21.1 Å². The molecule has 1 aromatic carbocycles. The summed E-state index contributed by atoms with van der Waals surface area (Å²) in [4.78, 5) is 24.4. The third-order valence-corrected chi connectivity index (χ3v) is 7.63. The van der Waals surface area contributed by atoms with Crippen molar-refractivity contribution in [1.29, 1.82) is 0 Å². The summed E-state index contributed by atoms with van der Waals surface area (Å²) in [6.45, 7) is 0.981. The number of aryl methyl sites for hydroxylation is 1. The highest BCUT2D eigenvalue weighted by atomic mass is 35.5. The Kier molecular flexibility index (Phi) is 7.37. The van der Waals surface area contributed by atoms with Gasteiger partial charge in [-0.2, -0.15) is 13.2 Å². The second-order valence-electron chi connectivity index (χ2n) is 8.06. The number of sulfonamides is 1. The Morgan fingerprint density at radius 3 is 2.53 bits per heavy atom. The average Bonchev–Trinajstić information content (AvgIpc) is 3.34. The Hall–Kier alpha value is -3.68. The molecule has 0 aliphatic carbocycles. The van der Waals surface area contributed by atoms with Gasteiger partial charge >= 0.3 is 6.18 Å². The van der Waals surface area contributed by atoms with Crippen LogP contribution < -0.4 is 9.04 Å². The summed E-state index contributed by atoms with van der Waals surface area (Å²) in [5.41, 5.74) is -0.904. The van der Waals surface area contributed by atoms with Crippen LogP contribution in [0.1, 0.15) is 27.2 Å². The Morgan fingerprint density at radius 2 is 1.87 bits per heavy atom. The van der Waals surface area contributed by atoms with Crippen LogP contribution in [0.25, 0.3) is 11.0 Å². The number of ether oxygens (including phenoxy) is 2. The number of H-pyrrole nitrogens is 1. The Morgan fingerprint density at radius 1 is 1.13 bits per heavy atom. The zero-order valence-electron chi connectivity index (χ0n) is 20.1. The molecule has 0 aliphatic rings. The molecule has 0 radical (unpaired) electrons. The number of anilines is 1. The predicted octanol–water partition coefficient (Wildman–Crippen LogP) is 4.98. The van der Waals surface area contributed by atoms with Crippen LogP contribution in [0.2, 0.25) is 5.02 Å². The van der Waals surface area contributed by atoms with E-state index >= 15 is 0 Å². The number of hydrogen-bond donors (Lipinski definition) is 1. The van der Waals surface area contributed by atoms with Gasteiger partial charge in [-0.1, -0.05) is 11.6 Å². The molecule has 3 heterocycles. The largest absolute Gasteiger partial charge is 0.494 e. The van der Waals surface area contributed by atoms with E-state index in [-0.39, 0.29) is 22.7 Å². The number of alkyl halides is 3. The number of aromatic nitrogens is 3. The van der Waals surface area contributed by atoms with Gasteiger partial charge in [-0.15, -0.1) is 0 Å². The number of nitrogens with zero attached hydrogens (tertiary/aromatic N) is 3. The number of benzene rings is 1. The molecule has 38 heavy (non-hydrogen) atoms. The maximum atomic E-state index is 13.9. The number of halogens is 4. The Labute approximate surface area is 220 Å². The zero-order chi connectivity index (χ0) is 27.8. The molecular weight excluding hydrogens is 549 g/mol. The topological polar surface area (TPSA) is 114 Å². The number of hydrogen-bond acceptors (Lipinski definition) is 7. The van der Waals surface area contributed by atoms with Crippen LogP contribution in [0.3, 0.4) is 0 Å². The molecule has 0 aliphatic heterocycles. The third-order valence-electron chi connectivity index (χ3n) is 5.56. The molecule has 0 saturated heterocycles. The van der Waals surface area contributed by atoms with Crippen LogP contribution >= 0.6 is 11.6 Å². The van der Waals surface area contributed by atoms with Crippen LogP contribution in [-0.2, 0) is 20.9 Å². The molecule has 0 saturated carbocycles. The van der Waals surface area contributed by atoms with Gasteiger partial charge in [-0.3, -0.25) is 9.78 Å². The van der Waals surface area contributed by atoms with Gasteiger partial charge in [0.25, 0.3) is 10.0 Å². The van der Waals surface area contributed by atoms with Crippen LogP contribution in [0.5, 0.6) is 5.75 Å². The number of carbonyl (C=O) groups is 1. The monoisotopic (exact) mass is 568 g/mol. The van der Waals surface area contributed by atoms with Crippen molar-refractivity contribution in [3.8, 4) is 5.75 Å². The second kappa shape index (κ2) is 10.2. The van der Waals surface area contributed by atoms with Gasteiger partial charge in [-0.25, -0.2) is 17.7 Å². The van der Waals surface area contributed by atoms with Crippen molar-refractivity contribution in [2.45, 2.75) is 18.0 Å². The van der Waals surface area contributed by atoms with Crippen LogP contribution in [0.15, 0.2) is 53.8 Å². The summed E-state index contributed by atoms with van der Waals surface area (Å²) < 4.78 is 78.9. The zero-order valence-corrected chi connectivity index (χ0v) is 21.7. The Bertz CT molecular complexity index is 1640. The summed E-state index contributed by atoms with van der Waals surface area (Å²) in [7, 11) is -2.17. The minimum atomic E-state index is -4.90. The fraction of sp³-hybridized carbons (Fsp3) is 0.208. The molecule has 0 fully saturated rings. The molecule has 9 nitrogen and oxygen atoms in total. The van der Waals surface area contributed by atoms with E-state index in [9.17, 15) is 26.4 Å². The van der Waals surface area contributed by atoms with E-state index in [0.717, 1.165) is 12.1 Å². The summed E-state index contributed by atoms with van der Waals surface area (Å²) in [6, 6.07) is 5.18. The van der Waals surface area contributed by atoms with Crippen molar-refractivity contribution >= 4 is 44.1 Å². The molecule has 3 aromatic heterocycles. The highest BCUT2D eigenvalue weighted by Gasteiger charge is 2.37.